The Balaban J connectivity index is 3.01. The number of carbonyl (C=O) groups excluding carboxylic acids is 2. The molecule has 0 spiro atoms. The summed E-state index contributed by atoms with van der Waals surface area (Å²) in [5.41, 5.74) is 0. The molecule has 0 atom stereocenters. The molecule has 0 rings (SSSR count). The molecule has 0 unspecified atom stereocenters. The van der Waals surface area contributed by atoms with Gasteiger partial charge in [0.05, 0.1) is 0 Å². The third kappa shape index (κ3) is 10.8. The van der Waals surface area contributed by atoms with Gasteiger partial charge in [-0.15, -0.1) is 0 Å². The second-order valence-corrected chi connectivity index (χ2v) is 5.03. The molecular weight excluding hydrogens is 382 g/mol. The van der Waals surface area contributed by atoms with Gasteiger partial charge in [-0.05, 0) is 58.0 Å². The van der Waals surface area contributed by atoms with Crippen LogP contribution < -0.4 is 0 Å². The molecule has 4 heteroatoms. The number of carbonyl (C=O) groups is 2. The minimum atomic E-state index is 0.234. The number of halogens is 2. The van der Waals surface area contributed by atoms with E-state index in [-0.39, 0.29) is 7.58 Å². The van der Waals surface area contributed by atoms with Gasteiger partial charge in [-0.1, -0.05) is 12.8 Å². The molecule has 0 fully saturated rings. The van der Waals surface area contributed by atoms with E-state index < -0.39 is 0 Å². The van der Waals surface area contributed by atoms with E-state index in [2.05, 4.69) is 0 Å². The summed E-state index contributed by atoms with van der Waals surface area (Å²) >= 11 is 3.64. The molecule has 0 aliphatic heterocycles. The van der Waals surface area contributed by atoms with Gasteiger partial charge in [0.2, 0.25) is 0 Å². The van der Waals surface area contributed by atoms with Gasteiger partial charge in [0.1, 0.15) is 0 Å². The third-order valence-electron chi connectivity index (χ3n) is 1.50. The van der Waals surface area contributed by atoms with Crippen LogP contribution in [-0.2, 0) is 9.59 Å². The van der Waals surface area contributed by atoms with Gasteiger partial charge in [-0.25, -0.2) is 0 Å². The van der Waals surface area contributed by atoms with Crippen molar-refractivity contribution in [2.75, 3.05) is 0 Å². The summed E-state index contributed by atoms with van der Waals surface area (Å²) in [6.07, 6.45) is 5.43. The van der Waals surface area contributed by atoms with Crippen molar-refractivity contribution in [3.05, 3.63) is 0 Å². The number of rotatable bonds is 7. The van der Waals surface area contributed by atoms with Crippen molar-refractivity contribution in [1.29, 1.82) is 0 Å². The molecule has 2 nitrogen and oxygen atoms in total. The number of unbranched alkanes of at least 4 members (excludes halogenated alkanes) is 3. The van der Waals surface area contributed by atoms with Crippen molar-refractivity contribution < 1.29 is 9.59 Å². The van der Waals surface area contributed by atoms with Gasteiger partial charge in [-0.2, -0.15) is 0 Å². The highest BCUT2D eigenvalue weighted by Gasteiger charge is 1.97. The first kappa shape index (κ1) is 12.8. The van der Waals surface area contributed by atoms with E-state index in [0.29, 0.717) is 12.8 Å². The average molecular weight is 394 g/mol. The van der Waals surface area contributed by atoms with Crippen LogP contribution >= 0.6 is 45.2 Å². The van der Waals surface area contributed by atoms with Crippen LogP contribution in [0.2, 0.25) is 0 Å². The Labute approximate surface area is 100 Å². The molecule has 0 heterocycles. The van der Waals surface area contributed by atoms with E-state index in [1.807, 2.05) is 45.2 Å². The van der Waals surface area contributed by atoms with Crippen molar-refractivity contribution >= 4 is 52.8 Å². The highest BCUT2D eigenvalue weighted by molar-refractivity contribution is 14.1. The molecule has 70 valence electrons. The zero-order valence-electron chi connectivity index (χ0n) is 6.82. The van der Waals surface area contributed by atoms with Crippen molar-refractivity contribution in [3.63, 3.8) is 0 Å². The fourth-order valence-electron chi connectivity index (χ4n) is 0.882. The van der Waals surface area contributed by atoms with E-state index in [1.165, 1.54) is 0 Å². The number of hydrogen-bond donors (Lipinski definition) is 0. The topological polar surface area (TPSA) is 34.1 Å². The van der Waals surface area contributed by atoms with Crippen molar-refractivity contribution in [1.82, 2.24) is 0 Å². The van der Waals surface area contributed by atoms with Crippen LogP contribution in [0.1, 0.15) is 38.5 Å². The number of hydrogen-bond acceptors (Lipinski definition) is 2. The first-order valence-corrected chi connectivity index (χ1v) is 6.15. The van der Waals surface area contributed by atoms with Gasteiger partial charge < -0.3 is 0 Å². The molecule has 12 heavy (non-hydrogen) atoms. The van der Waals surface area contributed by atoms with E-state index in [4.69, 9.17) is 0 Å². The molecule has 0 aromatic carbocycles. The van der Waals surface area contributed by atoms with Crippen LogP contribution in [0.4, 0.5) is 0 Å². The Bertz CT molecular complexity index is 139. The lowest BCUT2D eigenvalue weighted by Gasteiger charge is -1.96. The largest absolute Gasteiger partial charge is 0.288 e. The summed E-state index contributed by atoms with van der Waals surface area (Å²) in [6, 6.07) is 0. The van der Waals surface area contributed by atoms with E-state index in [1.54, 1.807) is 0 Å². The van der Waals surface area contributed by atoms with Gasteiger partial charge >= 0.3 is 0 Å². The minimum absolute atomic E-state index is 0.234. The Morgan fingerprint density at radius 2 is 1.08 bits per heavy atom. The normalized spacial score (nSPS) is 9.83. The van der Waals surface area contributed by atoms with Crippen LogP contribution in [0, 0.1) is 0 Å². The lowest BCUT2D eigenvalue weighted by Crippen LogP contribution is -1.87. The molecule has 0 aliphatic rings. The van der Waals surface area contributed by atoms with Crippen LogP contribution in [-0.4, -0.2) is 7.58 Å². The Kier molecular flexibility index (Phi) is 8.96. The first-order valence-electron chi connectivity index (χ1n) is 3.99. The maximum absolute atomic E-state index is 10.5. The van der Waals surface area contributed by atoms with Crippen molar-refractivity contribution in [2.24, 2.45) is 0 Å². The van der Waals surface area contributed by atoms with Crippen molar-refractivity contribution in [2.45, 2.75) is 38.5 Å². The van der Waals surface area contributed by atoms with Gasteiger partial charge in [0.15, 0.2) is 7.58 Å². The van der Waals surface area contributed by atoms with E-state index in [9.17, 15) is 9.59 Å². The lowest BCUT2D eigenvalue weighted by atomic mass is 10.1. The van der Waals surface area contributed by atoms with Crippen molar-refractivity contribution in [3.8, 4) is 0 Å². The summed E-state index contributed by atoms with van der Waals surface area (Å²) in [4.78, 5) is 21.0. The molecule has 0 aliphatic carbocycles. The average Bonchev–Trinajstić information content (AvgIpc) is 1.95. The summed E-state index contributed by atoms with van der Waals surface area (Å²) in [5.74, 6) is 0. The SMILES string of the molecule is O=C(I)CCCCCCC(=O)I. The zero-order chi connectivity index (χ0) is 9.40. The summed E-state index contributed by atoms with van der Waals surface area (Å²) in [6.45, 7) is 0. The molecule has 0 saturated carbocycles. The summed E-state index contributed by atoms with van der Waals surface area (Å²) in [7, 11) is 0. The van der Waals surface area contributed by atoms with E-state index >= 15 is 0 Å². The van der Waals surface area contributed by atoms with Crippen LogP contribution in [0.5, 0.6) is 0 Å². The Morgan fingerprint density at radius 1 is 0.750 bits per heavy atom. The highest BCUT2D eigenvalue weighted by atomic mass is 127. The first-order chi connectivity index (χ1) is 5.63. The molecule has 0 aromatic heterocycles. The van der Waals surface area contributed by atoms with Crippen LogP contribution in [0.3, 0.4) is 0 Å². The van der Waals surface area contributed by atoms with E-state index in [0.717, 1.165) is 25.7 Å². The molecule has 0 saturated heterocycles. The zero-order valence-corrected chi connectivity index (χ0v) is 11.1. The Morgan fingerprint density at radius 3 is 1.33 bits per heavy atom. The smallest absolute Gasteiger partial charge is 0.192 e. The maximum Gasteiger partial charge on any atom is 0.192 e. The monoisotopic (exact) mass is 394 g/mol. The van der Waals surface area contributed by atoms with Gasteiger partial charge in [-0.3, -0.25) is 9.59 Å². The Hall–Kier alpha value is 0.800. The van der Waals surface area contributed by atoms with Gasteiger partial charge in [0, 0.05) is 12.8 Å². The van der Waals surface area contributed by atoms with Gasteiger partial charge in [0.25, 0.3) is 0 Å². The predicted molar refractivity (Wildman–Crippen MR) is 65.8 cm³/mol. The van der Waals surface area contributed by atoms with Crippen LogP contribution in [0.25, 0.3) is 0 Å². The third-order valence-corrected chi connectivity index (χ3v) is 2.58. The molecule has 0 amide bonds. The fraction of sp³-hybridized carbons (Fsp3) is 0.750. The molecule has 0 aromatic rings. The maximum atomic E-state index is 10.5. The fourth-order valence-corrected chi connectivity index (χ4v) is 1.64. The summed E-state index contributed by atoms with van der Waals surface area (Å²) in [5, 5.41) is 0. The minimum Gasteiger partial charge on any atom is -0.288 e. The molecule has 0 N–H and O–H groups in total. The quantitative estimate of drug-likeness (QED) is 0.378. The molecule has 0 bridgehead atoms. The summed E-state index contributed by atoms with van der Waals surface area (Å²) < 4.78 is 0.468. The second-order valence-electron chi connectivity index (χ2n) is 2.62. The standard InChI is InChI=1S/C8H12I2O2/c9-7(11)5-3-1-2-4-6-8(10)12/h1-6H2. The second kappa shape index (κ2) is 8.40. The predicted octanol–water partition coefficient (Wildman–Crippen LogP) is 3.25. The molecular formula is C8H12I2O2. The van der Waals surface area contributed by atoms with Crippen LogP contribution in [0.15, 0.2) is 0 Å². The lowest BCUT2D eigenvalue weighted by molar-refractivity contribution is -0.110. The highest BCUT2D eigenvalue weighted by Crippen LogP contribution is 2.08. The molecule has 0 radical (unpaired) electrons.